The van der Waals surface area contributed by atoms with Crippen LogP contribution < -0.4 is 5.73 Å². The molecule has 2 N–H and O–H groups in total. The van der Waals surface area contributed by atoms with Crippen LogP contribution in [-0.4, -0.2) is 41.3 Å². The number of anilines is 1. The SMILES string of the molecule is CCOC(=O)c1c(N)ncn1COCCOC(C)=O. The fraction of sp³-hybridized carbons (Fsp3) is 0.545. The highest BCUT2D eigenvalue weighted by atomic mass is 16.6. The highest BCUT2D eigenvalue weighted by molar-refractivity contribution is 5.92. The molecule has 0 fully saturated rings. The van der Waals surface area contributed by atoms with Gasteiger partial charge in [-0.25, -0.2) is 9.78 Å². The summed E-state index contributed by atoms with van der Waals surface area (Å²) in [6.45, 7) is 3.68. The second-order valence-corrected chi connectivity index (χ2v) is 3.55. The first-order valence-corrected chi connectivity index (χ1v) is 5.75. The van der Waals surface area contributed by atoms with Crippen molar-refractivity contribution >= 4 is 17.8 Å². The zero-order chi connectivity index (χ0) is 14.3. The summed E-state index contributed by atoms with van der Waals surface area (Å²) in [5.74, 6) is -0.842. The Morgan fingerprint density at radius 3 is 2.74 bits per heavy atom. The number of nitrogen functional groups attached to an aromatic ring is 1. The fourth-order valence-electron chi connectivity index (χ4n) is 1.32. The molecular weight excluding hydrogens is 254 g/mol. The summed E-state index contributed by atoms with van der Waals surface area (Å²) in [5.41, 5.74) is 5.73. The van der Waals surface area contributed by atoms with Gasteiger partial charge in [-0.15, -0.1) is 0 Å². The Balaban J connectivity index is 2.50. The summed E-state index contributed by atoms with van der Waals surface area (Å²) in [6.07, 6.45) is 1.38. The summed E-state index contributed by atoms with van der Waals surface area (Å²) in [4.78, 5) is 26.0. The van der Waals surface area contributed by atoms with Crippen LogP contribution in [0.15, 0.2) is 6.33 Å². The molecule has 1 aromatic heterocycles. The largest absolute Gasteiger partial charge is 0.463 e. The minimum absolute atomic E-state index is 0.0691. The van der Waals surface area contributed by atoms with Crippen LogP contribution in [0, 0.1) is 0 Å². The van der Waals surface area contributed by atoms with Crippen LogP contribution in [0.3, 0.4) is 0 Å². The molecule has 19 heavy (non-hydrogen) atoms. The molecule has 0 spiro atoms. The number of nitrogens with two attached hydrogens (primary N) is 1. The number of carbonyl (C=O) groups excluding carboxylic acids is 2. The van der Waals surface area contributed by atoms with Gasteiger partial charge in [0.1, 0.15) is 13.3 Å². The minimum Gasteiger partial charge on any atom is -0.463 e. The number of hydrogen-bond acceptors (Lipinski definition) is 7. The van der Waals surface area contributed by atoms with E-state index >= 15 is 0 Å². The van der Waals surface area contributed by atoms with Crippen molar-refractivity contribution in [1.82, 2.24) is 9.55 Å². The molecule has 0 aromatic carbocycles. The molecule has 0 atom stereocenters. The molecule has 1 aromatic rings. The van der Waals surface area contributed by atoms with E-state index in [0.29, 0.717) is 0 Å². The number of ether oxygens (including phenoxy) is 3. The van der Waals surface area contributed by atoms with Crippen molar-refractivity contribution in [2.75, 3.05) is 25.6 Å². The van der Waals surface area contributed by atoms with Crippen LogP contribution in [-0.2, 0) is 25.7 Å². The molecule has 1 heterocycles. The lowest BCUT2D eigenvalue weighted by Gasteiger charge is -2.09. The summed E-state index contributed by atoms with van der Waals surface area (Å²) in [5, 5.41) is 0. The second kappa shape index (κ2) is 7.37. The van der Waals surface area contributed by atoms with E-state index in [2.05, 4.69) is 4.98 Å². The first-order valence-electron chi connectivity index (χ1n) is 5.75. The smallest absolute Gasteiger partial charge is 0.358 e. The summed E-state index contributed by atoms with van der Waals surface area (Å²) >= 11 is 0. The first-order chi connectivity index (χ1) is 9.06. The van der Waals surface area contributed by atoms with E-state index in [-0.39, 0.29) is 44.0 Å². The molecule has 0 amide bonds. The molecule has 0 saturated heterocycles. The van der Waals surface area contributed by atoms with Crippen LogP contribution in [0.4, 0.5) is 5.82 Å². The van der Waals surface area contributed by atoms with E-state index in [1.165, 1.54) is 17.8 Å². The van der Waals surface area contributed by atoms with Gasteiger partial charge in [-0.2, -0.15) is 0 Å². The van der Waals surface area contributed by atoms with Crippen molar-refractivity contribution in [3.8, 4) is 0 Å². The third kappa shape index (κ3) is 4.59. The average Bonchev–Trinajstić information content (AvgIpc) is 2.70. The average molecular weight is 271 g/mol. The number of carbonyl (C=O) groups is 2. The van der Waals surface area contributed by atoms with Crippen molar-refractivity contribution < 1.29 is 23.8 Å². The molecule has 0 aliphatic heterocycles. The Kier molecular flexibility index (Phi) is 5.80. The fourth-order valence-corrected chi connectivity index (χ4v) is 1.32. The van der Waals surface area contributed by atoms with Crippen LogP contribution in [0.1, 0.15) is 24.3 Å². The monoisotopic (exact) mass is 271 g/mol. The van der Waals surface area contributed by atoms with Gasteiger partial charge >= 0.3 is 11.9 Å². The molecule has 1 rings (SSSR count). The van der Waals surface area contributed by atoms with Crippen LogP contribution in [0.2, 0.25) is 0 Å². The number of nitrogens with zero attached hydrogens (tertiary/aromatic N) is 2. The third-order valence-electron chi connectivity index (χ3n) is 2.10. The van der Waals surface area contributed by atoms with E-state index in [4.69, 9.17) is 19.9 Å². The second-order valence-electron chi connectivity index (χ2n) is 3.55. The quantitative estimate of drug-likeness (QED) is 0.557. The van der Waals surface area contributed by atoms with Gasteiger partial charge in [0.25, 0.3) is 0 Å². The highest BCUT2D eigenvalue weighted by Gasteiger charge is 2.17. The summed E-state index contributed by atoms with van der Waals surface area (Å²) < 4.78 is 16.2. The van der Waals surface area contributed by atoms with Gasteiger partial charge in [-0.1, -0.05) is 0 Å². The molecule has 0 bridgehead atoms. The number of imidazole rings is 1. The molecule has 0 saturated carbocycles. The summed E-state index contributed by atoms with van der Waals surface area (Å²) in [7, 11) is 0. The predicted molar refractivity (Wildman–Crippen MR) is 65.2 cm³/mol. The van der Waals surface area contributed by atoms with Gasteiger partial charge in [0.2, 0.25) is 0 Å². The van der Waals surface area contributed by atoms with Gasteiger partial charge in [0.05, 0.1) is 19.5 Å². The Hall–Kier alpha value is -2.09. The Bertz CT molecular complexity index is 444. The van der Waals surface area contributed by atoms with Crippen molar-refractivity contribution in [1.29, 1.82) is 0 Å². The molecule has 106 valence electrons. The van der Waals surface area contributed by atoms with Gasteiger partial charge in [0.15, 0.2) is 11.5 Å². The van der Waals surface area contributed by atoms with Crippen molar-refractivity contribution in [3.63, 3.8) is 0 Å². The minimum atomic E-state index is -0.555. The molecule has 8 nitrogen and oxygen atoms in total. The van der Waals surface area contributed by atoms with Crippen molar-refractivity contribution in [2.24, 2.45) is 0 Å². The Morgan fingerprint density at radius 1 is 1.37 bits per heavy atom. The lowest BCUT2D eigenvalue weighted by atomic mass is 10.4. The highest BCUT2D eigenvalue weighted by Crippen LogP contribution is 2.11. The van der Waals surface area contributed by atoms with E-state index in [9.17, 15) is 9.59 Å². The first kappa shape index (κ1) is 15.0. The third-order valence-corrected chi connectivity index (χ3v) is 2.10. The number of rotatable bonds is 7. The number of aromatic nitrogens is 2. The van der Waals surface area contributed by atoms with Gasteiger partial charge in [-0.3, -0.25) is 9.36 Å². The standard InChI is InChI=1S/C11H17N3O5/c1-3-18-11(16)9-10(12)13-6-14(9)7-17-4-5-19-8(2)15/h6H,3-5,7,12H2,1-2H3. The van der Waals surface area contributed by atoms with Gasteiger partial charge in [0, 0.05) is 6.92 Å². The zero-order valence-electron chi connectivity index (χ0n) is 10.9. The topological polar surface area (TPSA) is 106 Å². The van der Waals surface area contributed by atoms with Crippen LogP contribution >= 0.6 is 0 Å². The van der Waals surface area contributed by atoms with Crippen LogP contribution in [0.25, 0.3) is 0 Å². The lowest BCUT2D eigenvalue weighted by molar-refractivity contribution is -0.142. The maximum absolute atomic E-state index is 11.6. The normalized spacial score (nSPS) is 10.2. The van der Waals surface area contributed by atoms with E-state index in [1.807, 2.05) is 0 Å². The summed E-state index contributed by atoms with van der Waals surface area (Å²) in [6, 6.07) is 0. The molecule has 0 radical (unpaired) electrons. The molecule has 0 aliphatic carbocycles. The maximum Gasteiger partial charge on any atom is 0.358 e. The number of esters is 2. The Labute approximate surface area is 110 Å². The van der Waals surface area contributed by atoms with E-state index < -0.39 is 5.97 Å². The van der Waals surface area contributed by atoms with Crippen molar-refractivity contribution in [2.45, 2.75) is 20.6 Å². The predicted octanol–water partition coefficient (Wildman–Crippen LogP) is 0.179. The zero-order valence-corrected chi connectivity index (χ0v) is 10.9. The van der Waals surface area contributed by atoms with Gasteiger partial charge < -0.3 is 19.9 Å². The lowest BCUT2D eigenvalue weighted by Crippen LogP contribution is -2.16. The Morgan fingerprint density at radius 2 is 2.11 bits per heavy atom. The molecule has 8 heteroatoms. The number of hydrogen-bond donors (Lipinski definition) is 1. The molecule has 0 unspecified atom stereocenters. The molecular formula is C11H17N3O5. The van der Waals surface area contributed by atoms with Gasteiger partial charge in [-0.05, 0) is 6.92 Å². The molecule has 0 aliphatic rings. The van der Waals surface area contributed by atoms with E-state index in [1.54, 1.807) is 6.92 Å². The van der Waals surface area contributed by atoms with Crippen LogP contribution in [0.5, 0.6) is 0 Å². The maximum atomic E-state index is 11.6. The van der Waals surface area contributed by atoms with E-state index in [0.717, 1.165) is 0 Å². The van der Waals surface area contributed by atoms with Crippen molar-refractivity contribution in [3.05, 3.63) is 12.0 Å².